The van der Waals surface area contributed by atoms with E-state index < -0.39 is 17.5 Å². The molecule has 0 radical (unpaired) electrons. The van der Waals surface area contributed by atoms with Crippen LogP contribution < -0.4 is 11.1 Å². The van der Waals surface area contributed by atoms with Crippen molar-refractivity contribution >= 4 is 33.2 Å². The molecule has 1 amide bonds. The first-order chi connectivity index (χ1) is 8.97. The molecular formula is C13H9BrF2N2O. The van der Waals surface area contributed by atoms with Crippen molar-refractivity contribution in [3.05, 3.63) is 58.1 Å². The first-order valence-corrected chi connectivity index (χ1v) is 6.08. The molecule has 3 N–H and O–H groups in total. The Kier molecular flexibility index (Phi) is 3.80. The Hall–Kier alpha value is -1.95. The summed E-state index contributed by atoms with van der Waals surface area (Å²) < 4.78 is 27.0. The number of nitrogen functional groups attached to an aromatic ring is 1. The van der Waals surface area contributed by atoms with E-state index in [0.717, 1.165) is 12.1 Å². The fourth-order valence-electron chi connectivity index (χ4n) is 1.51. The van der Waals surface area contributed by atoms with E-state index in [9.17, 15) is 13.6 Å². The average molecular weight is 327 g/mol. The molecule has 0 aliphatic rings. The van der Waals surface area contributed by atoms with Gasteiger partial charge < -0.3 is 11.1 Å². The van der Waals surface area contributed by atoms with Crippen LogP contribution in [-0.2, 0) is 0 Å². The lowest BCUT2D eigenvalue weighted by atomic mass is 10.2. The lowest BCUT2D eigenvalue weighted by Gasteiger charge is -2.09. The molecule has 3 nitrogen and oxygen atoms in total. The summed E-state index contributed by atoms with van der Waals surface area (Å²) in [6, 6.07) is 7.63. The van der Waals surface area contributed by atoms with E-state index in [1.165, 1.54) is 18.2 Å². The summed E-state index contributed by atoms with van der Waals surface area (Å²) in [6.07, 6.45) is 0. The Bertz CT molecular complexity index is 647. The van der Waals surface area contributed by atoms with Gasteiger partial charge in [-0.2, -0.15) is 0 Å². The van der Waals surface area contributed by atoms with Gasteiger partial charge in [0.25, 0.3) is 5.91 Å². The summed E-state index contributed by atoms with van der Waals surface area (Å²) in [4.78, 5) is 11.9. The molecule has 0 bridgehead atoms. The van der Waals surface area contributed by atoms with Crippen LogP contribution in [-0.4, -0.2) is 5.91 Å². The molecule has 0 aliphatic heterocycles. The minimum atomic E-state index is -0.660. The van der Waals surface area contributed by atoms with E-state index in [2.05, 4.69) is 21.2 Å². The van der Waals surface area contributed by atoms with E-state index in [1.807, 2.05) is 0 Å². The second-order valence-corrected chi connectivity index (χ2v) is 4.73. The highest BCUT2D eigenvalue weighted by Crippen LogP contribution is 2.21. The van der Waals surface area contributed by atoms with Crippen molar-refractivity contribution in [2.75, 3.05) is 11.1 Å². The Balaban J connectivity index is 2.25. The maximum absolute atomic E-state index is 13.6. The molecule has 0 atom stereocenters. The van der Waals surface area contributed by atoms with Crippen molar-refractivity contribution in [2.24, 2.45) is 0 Å². The number of nitrogens with one attached hydrogen (secondary N) is 1. The molecular weight excluding hydrogens is 318 g/mol. The van der Waals surface area contributed by atoms with E-state index in [1.54, 1.807) is 6.07 Å². The Labute approximate surface area is 116 Å². The minimum absolute atomic E-state index is 0.0749. The lowest BCUT2D eigenvalue weighted by Crippen LogP contribution is -2.14. The van der Waals surface area contributed by atoms with Gasteiger partial charge >= 0.3 is 0 Å². The zero-order valence-electron chi connectivity index (χ0n) is 9.58. The Morgan fingerprint density at radius 1 is 1.16 bits per heavy atom. The van der Waals surface area contributed by atoms with Gasteiger partial charge in [0.05, 0.1) is 16.9 Å². The standard InChI is InChI=1S/C13H9BrF2N2O/c14-7-1-3-9(10(16)5-7)13(19)18-12-4-2-8(15)6-11(12)17/h1-6H,17H2,(H,18,19). The second kappa shape index (κ2) is 5.36. The van der Waals surface area contributed by atoms with E-state index in [0.29, 0.717) is 4.47 Å². The fourth-order valence-corrected chi connectivity index (χ4v) is 1.84. The van der Waals surface area contributed by atoms with Crippen LogP contribution in [0.3, 0.4) is 0 Å². The van der Waals surface area contributed by atoms with Crippen LogP contribution in [0.4, 0.5) is 20.2 Å². The molecule has 0 unspecified atom stereocenters. The number of carbonyl (C=O) groups is 1. The van der Waals surface area contributed by atoms with Gasteiger partial charge in [-0.1, -0.05) is 15.9 Å². The van der Waals surface area contributed by atoms with Crippen LogP contribution in [0.25, 0.3) is 0 Å². The fraction of sp³-hybridized carbons (Fsp3) is 0. The number of carbonyl (C=O) groups excluding carboxylic acids is 1. The normalized spacial score (nSPS) is 10.3. The largest absolute Gasteiger partial charge is 0.397 e. The molecule has 2 rings (SSSR count). The second-order valence-electron chi connectivity index (χ2n) is 3.81. The van der Waals surface area contributed by atoms with Crippen LogP contribution in [0.5, 0.6) is 0 Å². The highest BCUT2D eigenvalue weighted by Gasteiger charge is 2.13. The van der Waals surface area contributed by atoms with E-state index >= 15 is 0 Å². The summed E-state index contributed by atoms with van der Waals surface area (Å²) in [5.41, 5.74) is 5.74. The number of nitrogens with two attached hydrogens (primary N) is 1. The van der Waals surface area contributed by atoms with Crippen molar-refractivity contribution in [1.82, 2.24) is 0 Å². The predicted molar refractivity (Wildman–Crippen MR) is 72.9 cm³/mol. The third-order valence-corrected chi connectivity index (χ3v) is 2.93. The number of rotatable bonds is 2. The van der Waals surface area contributed by atoms with Gasteiger partial charge in [-0.3, -0.25) is 4.79 Å². The van der Waals surface area contributed by atoms with Crippen LogP contribution in [0.15, 0.2) is 40.9 Å². The smallest absolute Gasteiger partial charge is 0.258 e. The number of anilines is 2. The quantitative estimate of drug-likeness (QED) is 0.829. The van der Waals surface area contributed by atoms with Gasteiger partial charge in [0.1, 0.15) is 11.6 Å². The summed E-state index contributed by atoms with van der Waals surface area (Å²) >= 11 is 3.10. The van der Waals surface area contributed by atoms with Crippen LogP contribution in [0, 0.1) is 11.6 Å². The Morgan fingerprint density at radius 3 is 2.53 bits per heavy atom. The van der Waals surface area contributed by atoms with Crippen molar-refractivity contribution < 1.29 is 13.6 Å². The van der Waals surface area contributed by atoms with E-state index in [-0.39, 0.29) is 16.9 Å². The van der Waals surface area contributed by atoms with Gasteiger partial charge in [-0.25, -0.2) is 8.78 Å². The molecule has 0 heterocycles. The van der Waals surface area contributed by atoms with Gasteiger partial charge in [0.2, 0.25) is 0 Å². The molecule has 0 saturated carbocycles. The third kappa shape index (κ3) is 3.08. The maximum atomic E-state index is 13.6. The average Bonchev–Trinajstić information content (AvgIpc) is 2.32. The number of hydrogen-bond acceptors (Lipinski definition) is 2. The number of amides is 1. The first-order valence-electron chi connectivity index (χ1n) is 5.29. The molecule has 6 heteroatoms. The SMILES string of the molecule is Nc1cc(F)ccc1NC(=O)c1ccc(Br)cc1F. The van der Waals surface area contributed by atoms with Gasteiger partial charge in [0, 0.05) is 4.47 Å². The zero-order chi connectivity index (χ0) is 14.0. The lowest BCUT2D eigenvalue weighted by molar-refractivity contribution is 0.102. The molecule has 0 fully saturated rings. The molecule has 2 aromatic rings. The van der Waals surface area contributed by atoms with Crippen LogP contribution in [0.1, 0.15) is 10.4 Å². The third-order valence-electron chi connectivity index (χ3n) is 2.44. The highest BCUT2D eigenvalue weighted by molar-refractivity contribution is 9.10. The molecule has 0 spiro atoms. The number of hydrogen-bond donors (Lipinski definition) is 2. The summed E-state index contributed by atoms with van der Waals surface area (Å²) in [6.45, 7) is 0. The molecule has 19 heavy (non-hydrogen) atoms. The van der Waals surface area contributed by atoms with Gasteiger partial charge in [0.15, 0.2) is 0 Å². The van der Waals surface area contributed by atoms with Crippen molar-refractivity contribution in [3.63, 3.8) is 0 Å². The first kappa shape index (κ1) is 13.5. The molecule has 98 valence electrons. The zero-order valence-corrected chi connectivity index (χ0v) is 11.2. The number of halogens is 3. The minimum Gasteiger partial charge on any atom is -0.397 e. The van der Waals surface area contributed by atoms with Crippen molar-refractivity contribution in [1.29, 1.82) is 0 Å². The van der Waals surface area contributed by atoms with Crippen molar-refractivity contribution in [2.45, 2.75) is 0 Å². The van der Waals surface area contributed by atoms with Crippen LogP contribution >= 0.6 is 15.9 Å². The highest BCUT2D eigenvalue weighted by atomic mass is 79.9. The molecule has 2 aromatic carbocycles. The predicted octanol–water partition coefficient (Wildman–Crippen LogP) is 3.56. The molecule has 0 aromatic heterocycles. The maximum Gasteiger partial charge on any atom is 0.258 e. The topological polar surface area (TPSA) is 55.1 Å². The summed E-state index contributed by atoms with van der Waals surface area (Å²) in [5, 5.41) is 2.43. The number of benzene rings is 2. The monoisotopic (exact) mass is 326 g/mol. The van der Waals surface area contributed by atoms with Gasteiger partial charge in [-0.05, 0) is 36.4 Å². The van der Waals surface area contributed by atoms with Crippen molar-refractivity contribution in [3.8, 4) is 0 Å². The molecule has 0 aliphatic carbocycles. The van der Waals surface area contributed by atoms with Crippen LogP contribution in [0.2, 0.25) is 0 Å². The summed E-state index contributed by atoms with van der Waals surface area (Å²) in [7, 11) is 0. The van der Waals surface area contributed by atoms with E-state index in [4.69, 9.17) is 5.73 Å². The summed E-state index contributed by atoms with van der Waals surface area (Å²) in [5.74, 6) is -1.82. The van der Waals surface area contributed by atoms with Gasteiger partial charge in [-0.15, -0.1) is 0 Å². The molecule has 0 saturated heterocycles. The Morgan fingerprint density at radius 2 is 1.89 bits per heavy atom.